The first-order valence-corrected chi connectivity index (χ1v) is 12.9. The molecule has 36 heavy (non-hydrogen) atoms. The average Bonchev–Trinajstić information content (AvgIpc) is 3.08. The van der Waals surface area contributed by atoms with E-state index in [-0.39, 0.29) is 34.9 Å². The second kappa shape index (κ2) is 11.4. The first-order valence-electron chi connectivity index (χ1n) is 12.5. The number of halogens is 2. The van der Waals surface area contributed by atoms with Gasteiger partial charge in [-0.15, -0.1) is 0 Å². The number of hydrogen-bond acceptors (Lipinski definition) is 5. The van der Waals surface area contributed by atoms with Gasteiger partial charge in [-0.25, -0.2) is 9.37 Å². The molecule has 9 heteroatoms. The maximum atomic E-state index is 13.8. The van der Waals surface area contributed by atoms with Gasteiger partial charge < -0.3 is 15.1 Å². The molecule has 2 aromatic carbocycles. The Morgan fingerprint density at radius 2 is 1.94 bits per heavy atom. The van der Waals surface area contributed by atoms with E-state index in [1.807, 2.05) is 32.0 Å². The summed E-state index contributed by atoms with van der Waals surface area (Å²) in [5.74, 6) is -0.597. The number of nitrogens with zero attached hydrogens (tertiary/aromatic N) is 4. The Kier molecular flexibility index (Phi) is 8.26. The molecule has 1 amide bonds. The number of rotatable bonds is 7. The van der Waals surface area contributed by atoms with Gasteiger partial charge in [0.1, 0.15) is 18.2 Å². The number of nitrogens with one attached hydrogen (secondary N) is 1. The van der Waals surface area contributed by atoms with Crippen LogP contribution in [0.3, 0.4) is 0 Å². The van der Waals surface area contributed by atoms with Gasteiger partial charge >= 0.3 is 0 Å². The second-order valence-electron chi connectivity index (χ2n) is 9.56. The number of aromatic nitrogens is 2. The Morgan fingerprint density at radius 3 is 2.67 bits per heavy atom. The fourth-order valence-corrected chi connectivity index (χ4v) is 4.87. The topological polar surface area (TPSA) is 70.5 Å². The molecule has 2 heterocycles. The van der Waals surface area contributed by atoms with Gasteiger partial charge in [0, 0.05) is 36.9 Å². The van der Waals surface area contributed by atoms with E-state index in [1.54, 1.807) is 0 Å². The van der Waals surface area contributed by atoms with Crippen molar-refractivity contribution in [2.75, 3.05) is 37.6 Å². The molecule has 0 radical (unpaired) electrons. The lowest BCUT2D eigenvalue weighted by atomic mass is 10.1. The molecule has 1 aromatic heterocycles. The number of carbonyl (C=O) groups excluding carboxylic acids is 1. The number of benzene rings is 2. The lowest BCUT2D eigenvalue weighted by Crippen LogP contribution is -2.37. The minimum absolute atomic E-state index is 0.0753. The fourth-order valence-electron chi connectivity index (χ4n) is 4.69. The first-order chi connectivity index (χ1) is 17.3. The normalized spacial score (nSPS) is 14.9. The van der Waals surface area contributed by atoms with Crippen LogP contribution >= 0.6 is 11.6 Å². The van der Waals surface area contributed by atoms with Gasteiger partial charge in [0.05, 0.1) is 15.9 Å². The smallest absolute Gasteiger partial charge is 0.262 e. The summed E-state index contributed by atoms with van der Waals surface area (Å²) in [4.78, 5) is 35.9. The van der Waals surface area contributed by atoms with Crippen molar-refractivity contribution in [3.05, 3.63) is 57.6 Å². The molecule has 0 saturated carbocycles. The molecule has 0 spiro atoms. The van der Waals surface area contributed by atoms with Crippen LogP contribution in [0.4, 0.5) is 10.1 Å². The molecule has 3 aromatic rings. The van der Waals surface area contributed by atoms with Crippen molar-refractivity contribution in [2.45, 2.75) is 46.2 Å². The van der Waals surface area contributed by atoms with Gasteiger partial charge in [-0.05, 0) is 76.2 Å². The quantitative estimate of drug-likeness (QED) is 0.510. The number of amides is 1. The summed E-state index contributed by atoms with van der Waals surface area (Å²) < 4.78 is 15.2. The second-order valence-corrected chi connectivity index (χ2v) is 9.97. The van der Waals surface area contributed by atoms with Gasteiger partial charge in [0.15, 0.2) is 0 Å². The minimum Gasteiger partial charge on any atom is -0.370 e. The average molecular weight is 514 g/mol. The van der Waals surface area contributed by atoms with Crippen LogP contribution in [0.25, 0.3) is 22.3 Å². The number of fused-ring (bicyclic) bond motifs is 1. The lowest BCUT2D eigenvalue weighted by Gasteiger charge is -2.24. The Bertz CT molecular complexity index is 1310. The lowest BCUT2D eigenvalue weighted by molar-refractivity contribution is -0.122. The third-order valence-corrected chi connectivity index (χ3v) is 6.65. The van der Waals surface area contributed by atoms with Crippen LogP contribution in [0.2, 0.25) is 5.02 Å². The largest absolute Gasteiger partial charge is 0.370 e. The molecular formula is C27H33ClFN5O2. The Labute approximate surface area is 215 Å². The maximum absolute atomic E-state index is 13.8. The van der Waals surface area contributed by atoms with E-state index >= 15 is 0 Å². The van der Waals surface area contributed by atoms with E-state index in [9.17, 15) is 14.0 Å². The standard InChI is InChI=1S/C27H33ClFN5O2/c1-4-10-32-11-5-12-33(14-13-32)20-7-9-24-21(16-20)27(36)34(17-25(35)30-18(2)3)26(31-24)19-6-8-23(29)22(28)15-19/h6-9,15-16,18H,4-5,10-14,17H2,1-3H3,(H,30,35). The molecule has 1 saturated heterocycles. The molecule has 1 N–H and O–H groups in total. The van der Waals surface area contributed by atoms with Crippen LogP contribution in [-0.2, 0) is 11.3 Å². The van der Waals surface area contributed by atoms with E-state index in [0.717, 1.165) is 51.3 Å². The van der Waals surface area contributed by atoms with Crippen LogP contribution in [0.5, 0.6) is 0 Å². The third-order valence-electron chi connectivity index (χ3n) is 6.36. The molecule has 192 valence electrons. The molecule has 1 aliphatic rings. The Morgan fingerprint density at radius 1 is 1.14 bits per heavy atom. The highest BCUT2D eigenvalue weighted by atomic mass is 35.5. The summed E-state index contributed by atoms with van der Waals surface area (Å²) >= 11 is 6.02. The van der Waals surface area contributed by atoms with E-state index in [2.05, 4.69) is 22.0 Å². The van der Waals surface area contributed by atoms with Crippen LogP contribution in [0.1, 0.15) is 33.6 Å². The van der Waals surface area contributed by atoms with Crippen LogP contribution < -0.4 is 15.8 Å². The van der Waals surface area contributed by atoms with E-state index < -0.39 is 5.82 Å². The molecule has 7 nitrogen and oxygen atoms in total. The fraction of sp³-hybridized carbons (Fsp3) is 0.444. The van der Waals surface area contributed by atoms with Crippen molar-refractivity contribution in [3.63, 3.8) is 0 Å². The highest BCUT2D eigenvalue weighted by Gasteiger charge is 2.19. The molecule has 1 fully saturated rings. The van der Waals surface area contributed by atoms with E-state index in [4.69, 9.17) is 16.6 Å². The highest BCUT2D eigenvalue weighted by molar-refractivity contribution is 6.31. The van der Waals surface area contributed by atoms with Crippen molar-refractivity contribution in [1.29, 1.82) is 0 Å². The monoisotopic (exact) mass is 513 g/mol. The molecule has 0 aliphatic carbocycles. The zero-order valence-corrected chi connectivity index (χ0v) is 21.8. The first kappa shape index (κ1) is 26.1. The van der Waals surface area contributed by atoms with Crippen LogP contribution in [0, 0.1) is 5.82 Å². The summed E-state index contributed by atoms with van der Waals surface area (Å²) in [6.07, 6.45) is 2.19. The van der Waals surface area contributed by atoms with E-state index in [0.29, 0.717) is 16.5 Å². The van der Waals surface area contributed by atoms with Crippen LogP contribution in [-0.4, -0.2) is 59.1 Å². The zero-order valence-electron chi connectivity index (χ0n) is 21.1. The Balaban J connectivity index is 1.77. The maximum Gasteiger partial charge on any atom is 0.262 e. The predicted molar refractivity (Wildman–Crippen MR) is 143 cm³/mol. The molecule has 0 unspecified atom stereocenters. The molecule has 0 atom stereocenters. The van der Waals surface area contributed by atoms with Gasteiger partial charge in [0.25, 0.3) is 5.56 Å². The zero-order chi connectivity index (χ0) is 25.8. The summed E-state index contributed by atoms with van der Waals surface area (Å²) in [6, 6.07) is 9.80. The van der Waals surface area contributed by atoms with Crippen LogP contribution in [0.15, 0.2) is 41.2 Å². The van der Waals surface area contributed by atoms with Crippen molar-refractivity contribution >= 4 is 34.1 Å². The summed E-state index contributed by atoms with van der Waals surface area (Å²) in [7, 11) is 0. The number of hydrogen-bond donors (Lipinski definition) is 1. The molecule has 1 aliphatic heterocycles. The van der Waals surface area contributed by atoms with Crippen molar-refractivity contribution in [2.24, 2.45) is 0 Å². The van der Waals surface area contributed by atoms with Crippen molar-refractivity contribution < 1.29 is 9.18 Å². The summed E-state index contributed by atoms with van der Waals surface area (Å²) in [5.41, 5.74) is 1.63. The van der Waals surface area contributed by atoms with Gasteiger partial charge in [-0.2, -0.15) is 0 Å². The highest BCUT2D eigenvalue weighted by Crippen LogP contribution is 2.26. The summed E-state index contributed by atoms with van der Waals surface area (Å²) in [6.45, 7) is 10.6. The van der Waals surface area contributed by atoms with Gasteiger partial charge in [0.2, 0.25) is 5.91 Å². The molecule has 0 bridgehead atoms. The number of carbonyl (C=O) groups is 1. The summed E-state index contributed by atoms with van der Waals surface area (Å²) in [5, 5.41) is 3.19. The van der Waals surface area contributed by atoms with Gasteiger partial charge in [-0.1, -0.05) is 18.5 Å². The SMILES string of the molecule is CCCN1CCCN(c2ccc3nc(-c4ccc(F)c(Cl)c4)n(CC(=O)NC(C)C)c(=O)c3c2)CC1. The van der Waals surface area contributed by atoms with Gasteiger partial charge in [-0.3, -0.25) is 14.2 Å². The minimum atomic E-state index is -0.563. The third kappa shape index (κ3) is 5.87. The van der Waals surface area contributed by atoms with E-state index in [1.165, 1.54) is 22.8 Å². The number of anilines is 1. The Hall–Kier alpha value is -2.97. The van der Waals surface area contributed by atoms with Crippen molar-refractivity contribution in [3.8, 4) is 11.4 Å². The predicted octanol–water partition coefficient (Wildman–Crippen LogP) is 4.30. The molecular weight excluding hydrogens is 481 g/mol. The van der Waals surface area contributed by atoms with Crippen molar-refractivity contribution in [1.82, 2.24) is 19.8 Å². The molecule has 4 rings (SSSR count).